The van der Waals surface area contributed by atoms with Gasteiger partial charge in [-0.05, 0) is 48.0 Å². The van der Waals surface area contributed by atoms with Crippen LogP contribution in [0, 0.1) is 11.3 Å². The first-order valence-electron chi connectivity index (χ1n) is 11.2. The topological polar surface area (TPSA) is 80.5 Å². The Bertz CT molecular complexity index is 1720. The highest BCUT2D eigenvalue weighted by Gasteiger charge is 2.26. The van der Waals surface area contributed by atoms with Gasteiger partial charge in [0.15, 0.2) is 11.5 Å². The standard InChI is InChI=1S/C29H18ClN3O3/c30-21-11-9-19(10-12-21)17-33-18-20(22-5-1-2-6-24(22)33)16-32-29-23(15-31)27(25-7-3-13-34-25)28(36-29)26-8-4-14-35-26/h1-14,16,18H,17H2. The summed E-state index contributed by atoms with van der Waals surface area (Å²) in [4.78, 5) is 4.60. The molecule has 0 atom stereocenters. The molecule has 7 heteroatoms. The maximum Gasteiger partial charge on any atom is 0.238 e. The van der Waals surface area contributed by atoms with Crippen LogP contribution in [-0.2, 0) is 6.54 Å². The van der Waals surface area contributed by atoms with Gasteiger partial charge in [-0.3, -0.25) is 0 Å². The molecule has 36 heavy (non-hydrogen) atoms. The van der Waals surface area contributed by atoms with E-state index < -0.39 is 0 Å². The Morgan fingerprint density at radius 2 is 1.67 bits per heavy atom. The average Bonchev–Trinajstić information content (AvgIpc) is 3.70. The number of hydrogen-bond acceptors (Lipinski definition) is 5. The van der Waals surface area contributed by atoms with Gasteiger partial charge < -0.3 is 17.8 Å². The van der Waals surface area contributed by atoms with Crippen molar-refractivity contribution in [2.45, 2.75) is 6.54 Å². The summed E-state index contributed by atoms with van der Waals surface area (Å²) in [5, 5.41) is 11.7. The molecule has 0 amide bonds. The summed E-state index contributed by atoms with van der Waals surface area (Å²) in [6.07, 6.45) is 6.86. The fourth-order valence-electron chi connectivity index (χ4n) is 4.27. The Labute approximate surface area is 211 Å². The molecule has 0 aliphatic carbocycles. The molecular weight excluding hydrogens is 474 g/mol. The molecule has 6 rings (SSSR count). The molecular formula is C29H18ClN3O3. The zero-order valence-corrected chi connectivity index (χ0v) is 19.6. The van der Waals surface area contributed by atoms with Gasteiger partial charge in [0.25, 0.3) is 0 Å². The van der Waals surface area contributed by atoms with E-state index in [0.29, 0.717) is 34.4 Å². The third kappa shape index (κ3) is 3.92. The van der Waals surface area contributed by atoms with Gasteiger partial charge >= 0.3 is 0 Å². The van der Waals surface area contributed by atoms with Gasteiger partial charge in [0, 0.05) is 40.4 Å². The number of hydrogen-bond donors (Lipinski definition) is 0. The number of nitrogens with zero attached hydrogens (tertiary/aromatic N) is 3. The zero-order valence-electron chi connectivity index (χ0n) is 18.9. The summed E-state index contributed by atoms with van der Waals surface area (Å²) >= 11 is 6.05. The van der Waals surface area contributed by atoms with Gasteiger partial charge in [-0.15, -0.1) is 0 Å². The first kappa shape index (κ1) is 21.8. The number of aromatic nitrogens is 1. The van der Waals surface area contributed by atoms with Crippen molar-refractivity contribution in [2.75, 3.05) is 0 Å². The number of halogens is 1. The van der Waals surface area contributed by atoms with Crippen molar-refractivity contribution in [3.05, 3.63) is 113 Å². The summed E-state index contributed by atoms with van der Waals surface area (Å²) in [5.74, 6) is 1.57. The monoisotopic (exact) mass is 491 g/mol. The maximum atomic E-state index is 10.00. The van der Waals surface area contributed by atoms with Gasteiger partial charge in [0.1, 0.15) is 17.4 Å². The quantitative estimate of drug-likeness (QED) is 0.220. The number of fused-ring (bicyclic) bond motifs is 1. The van der Waals surface area contributed by atoms with Crippen molar-refractivity contribution in [3.8, 4) is 28.9 Å². The van der Waals surface area contributed by atoms with Crippen molar-refractivity contribution in [2.24, 2.45) is 4.99 Å². The molecule has 0 aliphatic heterocycles. The van der Waals surface area contributed by atoms with E-state index in [4.69, 9.17) is 24.9 Å². The fourth-order valence-corrected chi connectivity index (χ4v) is 4.40. The van der Waals surface area contributed by atoms with E-state index in [-0.39, 0.29) is 11.4 Å². The van der Waals surface area contributed by atoms with Crippen molar-refractivity contribution >= 4 is 34.6 Å². The molecule has 174 valence electrons. The number of aliphatic imine (C=N–C) groups is 1. The molecule has 0 aliphatic rings. The van der Waals surface area contributed by atoms with E-state index in [9.17, 15) is 5.26 Å². The fraction of sp³-hybridized carbons (Fsp3) is 0.0345. The molecule has 0 saturated carbocycles. The number of para-hydroxylation sites is 1. The minimum absolute atomic E-state index is 0.185. The Balaban J connectivity index is 1.43. The molecule has 0 saturated heterocycles. The van der Waals surface area contributed by atoms with Gasteiger partial charge in [-0.2, -0.15) is 5.26 Å². The molecule has 0 N–H and O–H groups in total. The van der Waals surface area contributed by atoms with Crippen LogP contribution in [0.5, 0.6) is 0 Å². The second kappa shape index (κ2) is 9.14. The van der Waals surface area contributed by atoms with E-state index in [2.05, 4.69) is 21.7 Å². The Morgan fingerprint density at radius 1 is 0.917 bits per heavy atom. The van der Waals surface area contributed by atoms with Crippen LogP contribution in [0.15, 0.2) is 110 Å². The maximum absolute atomic E-state index is 10.00. The average molecular weight is 492 g/mol. The van der Waals surface area contributed by atoms with Crippen LogP contribution in [-0.4, -0.2) is 10.8 Å². The highest BCUT2D eigenvalue weighted by Crippen LogP contribution is 2.42. The molecule has 0 bridgehead atoms. The molecule has 4 heterocycles. The number of nitriles is 1. The zero-order chi connectivity index (χ0) is 24.5. The summed E-state index contributed by atoms with van der Waals surface area (Å²) in [6, 6.07) is 25.2. The van der Waals surface area contributed by atoms with E-state index in [0.717, 1.165) is 22.0 Å². The van der Waals surface area contributed by atoms with E-state index in [1.807, 2.05) is 48.7 Å². The first-order valence-corrected chi connectivity index (χ1v) is 11.6. The number of rotatable bonds is 6. The molecule has 6 aromatic rings. The van der Waals surface area contributed by atoms with Crippen LogP contribution >= 0.6 is 11.6 Å². The Kier molecular flexibility index (Phi) is 5.53. The van der Waals surface area contributed by atoms with Gasteiger partial charge in [-0.1, -0.05) is 41.9 Å². The van der Waals surface area contributed by atoms with Gasteiger partial charge in [0.2, 0.25) is 5.88 Å². The molecule has 0 unspecified atom stereocenters. The molecule has 0 radical (unpaired) electrons. The van der Waals surface area contributed by atoms with Crippen LogP contribution in [0.25, 0.3) is 33.7 Å². The summed E-state index contributed by atoms with van der Waals surface area (Å²) in [6.45, 7) is 0.682. The summed E-state index contributed by atoms with van der Waals surface area (Å²) < 4.78 is 19.4. The highest BCUT2D eigenvalue weighted by atomic mass is 35.5. The van der Waals surface area contributed by atoms with Gasteiger partial charge in [0.05, 0.1) is 18.1 Å². The Morgan fingerprint density at radius 3 is 2.39 bits per heavy atom. The number of furan rings is 3. The van der Waals surface area contributed by atoms with E-state index >= 15 is 0 Å². The third-order valence-electron chi connectivity index (χ3n) is 5.92. The van der Waals surface area contributed by atoms with E-state index in [1.54, 1.807) is 43.0 Å². The Hall–Kier alpha value is -4.73. The summed E-state index contributed by atoms with van der Waals surface area (Å²) in [5.41, 5.74) is 3.89. The molecule has 0 fully saturated rings. The number of benzene rings is 2. The normalized spacial score (nSPS) is 11.4. The first-order chi connectivity index (χ1) is 17.7. The molecule has 2 aromatic carbocycles. The van der Waals surface area contributed by atoms with Crippen molar-refractivity contribution in [3.63, 3.8) is 0 Å². The lowest BCUT2D eigenvalue weighted by Gasteiger charge is -2.05. The van der Waals surface area contributed by atoms with Crippen LogP contribution in [0.2, 0.25) is 5.02 Å². The minimum atomic E-state index is 0.185. The van der Waals surface area contributed by atoms with Crippen LogP contribution in [0.4, 0.5) is 5.88 Å². The van der Waals surface area contributed by atoms with Gasteiger partial charge in [-0.25, -0.2) is 4.99 Å². The minimum Gasteiger partial charge on any atom is -0.464 e. The lowest BCUT2D eigenvalue weighted by molar-refractivity contribution is 0.527. The predicted molar refractivity (Wildman–Crippen MR) is 139 cm³/mol. The van der Waals surface area contributed by atoms with Crippen LogP contribution < -0.4 is 0 Å². The summed E-state index contributed by atoms with van der Waals surface area (Å²) in [7, 11) is 0. The third-order valence-corrected chi connectivity index (χ3v) is 6.17. The van der Waals surface area contributed by atoms with Crippen LogP contribution in [0.3, 0.4) is 0 Å². The second-order valence-corrected chi connectivity index (χ2v) is 8.60. The van der Waals surface area contributed by atoms with Crippen molar-refractivity contribution in [1.29, 1.82) is 5.26 Å². The lowest BCUT2D eigenvalue weighted by Crippen LogP contribution is -1.97. The lowest BCUT2D eigenvalue weighted by atomic mass is 10.1. The highest BCUT2D eigenvalue weighted by molar-refractivity contribution is 6.30. The smallest absolute Gasteiger partial charge is 0.238 e. The largest absolute Gasteiger partial charge is 0.464 e. The van der Waals surface area contributed by atoms with Crippen LogP contribution in [0.1, 0.15) is 16.7 Å². The van der Waals surface area contributed by atoms with Crippen molar-refractivity contribution < 1.29 is 13.3 Å². The predicted octanol–water partition coefficient (Wildman–Crippen LogP) is 8.08. The molecule has 0 spiro atoms. The van der Waals surface area contributed by atoms with E-state index in [1.165, 1.54) is 0 Å². The molecule has 6 nitrogen and oxygen atoms in total. The SMILES string of the molecule is N#Cc1c(N=Cc2cn(Cc3ccc(Cl)cc3)c3ccccc23)oc(-c2ccco2)c1-c1ccco1. The second-order valence-electron chi connectivity index (χ2n) is 8.17. The van der Waals surface area contributed by atoms with Crippen molar-refractivity contribution in [1.82, 2.24) is 4.57 Å². The molecule has 4 aromatic heterocycles.